The Morgan fingerprint density at radius 3 is 2.71 bits per heavy atom. The molecule has 0 aliphatic carbocycles. The van der Waals surface area contributed by atoms with E-state index < -0.39 is 0 Å². The molecule has 0 amide bonds. The van der Waals surface area contributed by atoms with Crippen LogP contribution in [0.2, 0.25) is 0 Å². The van der Waals surface area contributed by atoms with E-state index in [0.717, 1.165) is 5.56 Å². The second-order valence-corrected chi connectivity index (χ2v) is 5.07. The summed E-state index contributed by atoms with van der Waals surface area (Å²) < 4.78 is 19.8. The van der Waals surface area contributed by atoms with Crippen LogP contribution in [0.4, 0.5) is 4.39 Å². The summed E-state index contributed by atoms with van der Waals surface area (Å²) in [5, 5.41) is 12.0. The molecule has 0 saturated heterocycles. The zero-order valence-electron chi connectivity index (χ0n) is 12.4. The van der Waals surface area contributed by atoms with Crippen molar-refractivity contribution in [3.63, 3.8) is 0 Å². The minimum absolute atomic E-state index is 0.271. The van der Waals surface area contributed by atoms with Gasteiger partial charge in [0.15, 0.2) is 5.69 Å². The van der Waals surface area contributed by atoms with E-state index in [2.05, 4.69) is 25.4 Å². The minimum Gasteiger partial charge on any atom is -0.332 e. The monoisotopic (exact) mass is 322 g/mol. The third-order valence-electron chi connectivity index (χ3n) is 3.34. The Kier molecular flexibility index (Phi) is 3.54. The van der Waals surface area contributed by atoms with Crippen molar-refractivity contribution in [2.45, 2.75) is 6.54 Å². The number of nitrogens with zero attached hydrogens (tertiary/aromatic N) is 6. The van der Waals surface area contributed by atoms with Crippen molar-refractivity contribution in [2.75, 3.05) is 0 Å². The highest BCUT2D eigenvalue weighted by molar-refractivity contribution is 5.52. The summed E-state index contributed by atoms with van der Waals surface area (Å²) in [6, 6.07) is 11.6. The summed E-state index contributed by atoms with van der Waals surface area (Å²) in [7, 11) is 0. The third kappa shape index (κ3) is 2.89. The van der Waals surface area contributed by atoms with Crippen molar-refractivity contribution < 1.29 is 8.91 Å². The Balaban J connectivity index is 1.55. The summed E-state index contributed by atoms with van der Waals surface area (Å²) in [6.07, 6.45) is 3.36. The lowest BCUT2D eigenvalue weighted by molar-refractivity contribution is 0.431. The number of benzene rings is 1. The van der Waals surface area contributed by atoms with Gasteiger partial charge in [0.25, 0.3) is 5.89 Å². The molecular weight excluding hydrogens is 311 g/mol. The van der Waals surface area contributed by atoms with E-state index in [1.54, 1.807) is 35.3 Å². The van der Waals surface area contributed by atoms with Crippen LogP contribution in [0.1, 0.15) is 5.56 Å². The Bertz CT molecular complexity index is 948. The molecule has 24 heavy (non-hydrogen) atoms. The Labute approximate surface area is 135 Å². The van der Waals surface area contributed by atoms with Crippen LogP contribution >= 0.6 is 0 Å². The van der Waals surface area contributed by atoms with Gasteiger partial charge in [-0.3, -0.25) is 4.98 Å². The van der Waals surface area contributed by atoms with Gasteiger partial charge in [0.2, 0.25) is 5.82 Å². The summed E-state index contributed by atoms with van der Waals surface area (Å²) in [4.78, 5) is 8.43. The van der Waals surface area contributed by atoms with Crippen LogP contribution in [-0.2, 0) is 6.54 Å². The van der Waals surface area contributed by atoms with Crippen LogP contribution in [-0.4, -0.2) is 30.1 Å². The number of pyridine rings is 1. The lowest BCUT2D eigenvalue weighted by Crippen LogP contribution is -2.00. The summed E-state index contributed by atoms with van der Waals surface area (Å²) in [6.45, 7) is 0.470. The van der Waals surface area contributed by atoms with Crippen LogP contribution in [0.15, 0.2) is 59.4 Å². The first-order valence-electron chi connectivity index (χ1n) is 7.18. The average molecular weight is 322 g/mol. The molecule has 0 radical (unpaired) electrons. The van der Waals surface area contributed by atoms with Crippen LogP contribution in [0.3, 0.4) is 0 Å². The van der Waals surface area contributed by atoms with Crippen molar-refractivity contribution in [3.8, 4) is 23.1 Å². The van der Waals surface area contributed by atoms with Crippen LogP contribution < -0.4 is 0 Å². The lowest BCUT2D eigenvalue weighted by atomic mass is 10.2. The molecule has 4 rings (SSSR count). The zero-order chi connectivity index (χ0) is 16.4. The maximum absolute atomic E-state index is 12.9. The SMILES string of the molecule is Fc1ccc(Cn2cc(-c3noc(-c4ccccn4)n3)nn2)cc1. The molecule has 3 heterocycles. The average Bonchev–Trinajstić information content (AvgIpc) is 3.27. The number of halogens is 1. The van der Waals surface area contributed by atoms with Gasteiger partial charge in [-0.2, -0.15) is 4.98 Å². The minimum atomic E-state index is -0.271. The number of rotatable bonds is 4. The molecule has 0 aliphatic heterocycles. The normalized spacial score (nSPS) is 10.9. The maximum Gasteiger partial charge on any atom is 0.276 e. The molecule has 118 valence electrons. The lowest BCUT2D eigenvalue weighted by Gasteiger charge is -1.99. The molecule has 0 saturated carbocycles. The van der Waals surface area contributed by atoms with Gasteiger partial charge in [-0.25, -0.2) is 9.07 Å². The zero-order valence-corrected chi connectivity index (χ0v) is 12.4. The van der Waals surface area contributed by atoms with Gasteiger partial charge >= 0.3 is 0 Å². The van der Waals surface area contributed by atoms with E-state index >= 15 is 0 Å². The first-order valence-corrected chi connectivity index (χ1v) is 7.18. The first-order chi connectivity index (χ1) is 11.8. The molecule has 1 aromatic carbocycles. The second-order valence-electron chi connectivity index (χ2n) is 5.07. The van der Waals surface area contributed by atoms with Gasteiger partial charge < -0.3 is 4.52 Å². The fourth-order valence-electron chi connectivity index (χ4n) is 2.18. The quantitative estimate of drug-likeness (QED) is 0.574. The summed E-state index contributed by atoms with van der Waals surface area (Å²) in [5.41, 5.74) is 1.99. The predicted octanol–water partition coefficient (Wildman–Crippen LogP) is 2.58. The molecule has 7 nitrogen and oxygen atoms in total. The van der Waals surface area contributed by atoms with Gasteiger partial charge in [-0.05, 0) is 29.8 Å². The summed E-state index contributed by atoms with van der Waals surface area (Å²) >= 11 is 0. The maximum atomic E-state index is 12.9. The molecule has 0 bridgehead atoms. The fourth-order valence-corrected chi connectivity index (χ4v) is 2.18. The number of hydrogen-bond acceptors (Lipinski definition) is 6. The van der Waals surface area contributed by atoms with E-state index in [9.17, 15) is 4.39 Å². The van der Waals surface area contributed by atoms with Crippen molar-refractivity contribution in [1.29, 1.82) is 0 Å². The molecule has 3 aromatic heterocycles. The van der Waals surface area contributed by atoms with E-state index in [-0.39, 0.29) is 5.82 Å². The molecular formula is C16H11FN6O. The van der Waals surface area contributed by atoms with Gasteiger partial charge in [-0.1, -0.05) is 28.6 Å². The van der Waals surface area contributed by atoms with Crippen LogP contribution in [0.25, 0.3) is 23.1 Å². The highest BCUT2D eigenvalue weighted by atomic mass is 19.1. The van der Waals surface area contributed by atoms with Gasteiger partial charge in [0.05, 0.1) is 12.7 Å². The molecule has 0 N–H and O–H groups in total. The first kappa shape index (κ1) is 14.2. The Morgan fingerprint density at radius 2 is 1.92 bits per heavy atom. The topological polar surface area (TPSA) is 82.5 Å². The van der Waals surface area contributed by atoms with Crippen molar-refractivity contribution in [3.05, 3.63) is 66.2 Å². The molecule has 0 aliphatic rings. The van der Waals surface area contributed by atoms with E-state index in [4.69, 9.17) is 4.52 Å². The van der Waals surface area contributed by atoms with Gasteiger partial charge in [-0.15, -0.1) is 5.10 Å². The summed E-state index contributed by atoms with van der Waals surface area (Å²) in [5.74, 6) is 0.381. The molecule has 8 heteroatoms. The highest BCUT2D eigenvalue weighted by Gasteiger charge is 2.14. The van der Waals surface area contributed by atoms with E-state index in [0.29, 0.717) is 29.6 Å². The number of aromatic nitrogens is 6. The smallest absolute Gasteiger partial charge is 0.276 e. The molecule has 0 fully saturated rings. The molecule has 0 atom stereocenters. The third-order valence-corrected chi connectivity index (χ3v) is 3.34. The Morgan fingerprint density at radius 1 is 1.04 bits per heavy atom. The Hall–Kier alpha value is -3.42. The van der Waals surface area contributed by atoms with Crippen molar-refractivity contribution >= 4 is 0 Å². The van der Waals surface area contributed by atoms with Crippen LogP contribution in [0, 0.1) is 5.82 Å². The highest BCUT2D eigenvalue weighted by Crippen LogP contribution is 2.18. The molecule has 0 unspecified atom stereocenters. The van der Waals surface area contributed by atoms with E-state index in [1.807, 2.05) is 12.1 Å². The van der Waals surface area contributed by atoms with Crippen molar-refractivity contribution in [2.24, 2.45) is 0 Å². The molecule has 4 aromatic rings. The largest absolute Gasteiger partial charge is 0.332 e. The predicted molar refractivity (Wildman–Crippen MR) is 82.0 cm³/mol. The van der Waals surface area contributed by atoms with Gasteiger partial charge in [0, 0.05) is 6.20 Å². The van der Waals surface area contributed by atoms with Crippen molar-refractivity contribution in [1.82, 2.24) is 30.1 Å². The van der Waals surface area contributed by atoms with E-state index in [1.165, 1.54) is 12.1 Å². The van der Waals surface area contributed by atoms with Gasteiger partial charge in [0.1, 0.15) is 11.5 Å². The van der Waals surface area contributed by atoms with Crippen LogP contribution in [0.5, 0.6) is 0 Å². The second kappa shape index (κ2) is 5.99. The molecule has 0 spiro atoms. The fraction of sp³-hybridized carbons (Fsp3) is 0.0625. The standard InChI is InChI=1S/C16H11FN6O/c17-12-6-4-11(5-7-12)9-23-10-14(20-22-23)15-19-16(24-21-15)13-3-1-2-8-18-13/h1-8,10H,9H2. The number of hydrogen-bond donors (Lipinski definition) is 0.